The predicted molar refractivity (Wildman–Crippen MR) is 97.1 cm³/mol. The number of ether oxygens (including phenoxy) is 1. The largest absolute Gasteiger partial charge is 0.496 e. The Morgan fingerprint density at radius 3 is 2.28 bits per heavy atom. The molecule has 1 heterocycles. The number of carbonyl (C=O) groups excluding carboxylic acids is 2. The van der Waals surface area contributed by atoms with Gasteiger partial charge in [-0.2, -0.15) is 0 Å². The number of hydrogen-bond acceptors (Lipinski definition) is 3. The third-order valence-corrected chi connectivity index (χ3v) is 4.85. The highest BCUT2D eigenvalue weighted by atomic mass is 16.5. The molecule has 2 aromatic carbocycles. The molecule has 0 radical (unpaired) electrons. The third-order valence-electron chi connectivity index (χ3n) is 4.85. The van der Waals surface area contributed by atoms with E-state index in [-0.39, 0.29) is 17.6 Å². The van der Waals surface area contributed by atoms with Crippen molar-refractivity contribution < 1.29 is 14.3 Å². The summed E-state index contributed by atoms with van der Waals surface area (Å²) in [6.45, 7) is 3.19. The summed E-state index contributed by atoms with van der Waals surface area (Å²) in [6, 6.07) is 14.9. The maximum Gasteiger partial charge on any atom is 0.253 e. The van der Waals surface area contributed by atoms with Crippen molar-refractivity contribution in [1.82, 2.24) is 4.90 Å². The van der Waals surface area contributed by atoms with E-state index >= 15 is 0 Å². The van der Waals surface area contributed by atoms with Crippen molar-refractivity contribution in [3.05, 3.63) is 65.2 Å². The number of nitrogens with zero attached hydrogens (tertiary/aromatic N) is 1. The number of ketones is 1. The molecule has 3 rings (SSSR count). The lowest BCUT2D eigenvalue weighted by Gasteiger charge is -2.31. The Kier molecular flexibility index (Phi) is 5.17. The van der Waals surface area contributed by atoms with E-state index in [0.717, 1.165) is 16.9 Å². The van der Waals surface area contributed by atoms with E-state index in [4.69, 9.17) is 4.74 Å². The van der Waals surface area contributed by atoms with Gasteiger partial charge >= 0.3 is 0 Å². The van der Waals surface area contributed by atoms with E-state index in [1.807, 2.05) is 60.4 Å². The molecule has 0 saturated carbocycles. The maximum atomic E-state index is 12.8. The van der Waals surface area contributed by atoms with Crippen LogP contribution in [-0.4, -0.2) is 36.8 Å². The molecule has 0 bridgehead atoms. The summed E-state index contributed by atoms with van der Waals surface area (Å²) in [4.78, 5) is 27.1. The van der Waals surface area contributed by atoms with Gasteiger partial charge in [-0.15, -0.1) is 0 Å². The van der Waals surface area contributed by atoms with Crippen molar-refractivity contribution in [1.29, 1.82) is 0 Å². The average Bonchev–Trinajstić information content (AvgIpc) is 2.67. The number of piperidine rings is 1. The molecule has 2 aromatic rings. The lowest BCUT2D eigenvalue weighted by molar-refractivity contribution is 0.0650. The van der Waals surface area contributed by atoms with Crippen LogP contribution in [0.4, 0.5) is 0 Å². The normalized spacial score (nSPS) is 15.0. The monoisotopic (exact) mass is 337 g/mol. The lowest BCUT2D eigenvalue weighted by atomic mass is 9.88. The Bertz CT molecular complexity index is 762. The van der Waals surface area contributed by atoms with E-state index in [9.17, 15) is 9.59 Å². The summed E-state index contributed by atoms with van der Waals surface area (Å²) in [7, 11) is 1.63. The van der Waals surface area contributed by atoms with Crippen LogP contribution in [0.2, 0.25) is 0 Å². The van der Waals surface area contributed by atoms with Crippen LogP contribution in [0.25, 0.3) is 0 Å². The first-order chi connectivity index (χ1) is 12.1. The average molecular weight is 337 g/mol. The fourth-order valence-electron chi connectivity index (χ4n) is 3.38. The molecule has 0 aromatic heterocycles. The van der Waals surface area contributed by atoms with E-state index in [2.05, 4.69) is 0 Å². The highest BCUT2D eigenvalue weighted by Crippen LogP contribution is 2.25. The van der Waals surface area contributed by atoms with Crippen LogP contribution in [0.15, 0.2) is 48.5 Å². The lowest BCUT2D eigenvalue weighted by Crippen LogP contribution is -2.40. The topological polar surface area (TPSA) is 46.6 Å². The fourth-order valence-corrected chi connectivity index (χ4v) is 3.38. The van der Waals surface area contributed by atoms with Crippen molar-refractivity contribution in [2.24, 2.45) is 5.92 Å². The highest BCUT2D eigenvalue weighted by Gasteiger charge is 2.28. The molecule has 1 saturated heterocycles. The van der Waals surface area contributed by atoms with Crippen LogP contribution in [0.3, 0.4) is 0 Å². The minimum Gasteiger partial charge on any atom is -0.496 e. The molecule has 25 heavy (non-hydrogen) atoms. The minimum atomic E-state index is -0.0207. The molecule has 4 heteroatoms. The maximum absolute atomic E-state index is 12.8. The molecule has 0 spiro atoms. The van der Waals surface area contributed by atoms with Crippen molar-refractivity contribution in [3.63, 3.8) is 0 Å². The number of Topliss-reactive ketones (excluding diaryl/α,β-unsaturated/α-hetero) is 1. The molecule has 0 aliphatic carbocycles. The number of rotatable bonds is 4. The van der Waals surface area contributed by atoms with Gasteiger partial charge in [0.05, 0.1) is 7.11 Å². The van der Waals surface area contributed by atoms with Crippen LogP contribution in [0, 0.1) is 12.8 Å². The van der Waals surface area contributed by atoms with Gasteiger partial charge in [-0.3, -0.25) is 9.59 Å². The van der Waals surface area contributed by atoms with Gasteiger partial charge in [0.2, 0.25) is 0 Å². The van der Waals surface area contributed by atoms with E-state index in [0.29, 0.717) is 31.5 Å². The molecule has 1 aliphatic rings. The third kappa shape index (κ3) is 3.73. The van der Waals surface area contributed by atoms with Gasteiger partial charge in [0.15, 0.2) is 5.78 Å². The Hall–Kier alpha value is -2.62. The van der Waals surface area contributed by atoms with Crippen LogP contribution >= 0.6 is 0 Å². The Balaban J connectivity index is 1.63. The molecule has 0 atom stereocenters. The first kappa shape index (κ1) is 17.2. The first-order valence-electron chi connectivity index (χ1n) is 8.63. The number of likely N-dealkylation sites (tertiary alicyclic amines) is 1. The first-order valence-corrected chi connectivity index (χ1v) is 8.63. The second-order valence-corrected chi connectivity index (χ2v) is 6.48. The molecule has 4 nitrogen and oxygen atoms in total. The molecule has 1 amide bonds. The van der Waals surface area contributed by atoms with Crippen molar-refractivity contribution in [2.45, 2.75) is 19.8 Å². The van der Waals surface area contributed by atoms with Gasteiger partial charge < -0.3 is 9.64 Å². The molecular weight excluding hydrogens is 314 g/mol. The zero-order valence-electron chi connectivity index (χ0n) is 14.7. The quantitative estimate of drug-likeness (QED) is 0.799. The Morgan fingerprint density at radius 2 is 1.68 bits per heavy atom. The number of hydrogen-bond donors (Lipinski definition) is 0. The van der Waals surface area contributed by atoms with E-state index in [1.54, 1.807) is 7.11 Å². The number of aryl methyl sites for hydroxylation is 1. The van der Waals surface area contributed by atoms with Crippen molar-refractivity contribution >= 4 is 11.7 Å². The highest BCUT2D eigenvalue weighted by molar-refractivity contribution is 5.98. The molecule has 1 fully saturated rings. The van der Waals surface area contributed by atoms with Crippen LogP contribution in [0.1, 0.15) is 39.1 Å². The zero-order chi connectivity index (χ0) is 17.8. The minimum absolute atomic E-state index is 0.0207. The van der Waals surface area contributed by atoms with Crippen LogP contribution in [0.5, 0.6) is 5.75 Å². The number of methoxy groups -OCH3 is 1. The molecular formula is C21H23NO3. The van der Waals surface area contributed by atoms with Crippen LogP contribution in [-0.2, 0) is 0 Å². The van der Waals surface area contributed by atoms with E-state index in [1.165, 1.54) is 0 Å². The van der Waals surface area contributed by atoms with Gasteiger partial charge in [0.25, 0.3) is 5.91 Å². The molecule has 130 valence electrons. The van der Waals surface area contributed by atoms with Gasteiger partial charge in [-0.25, -0.2) is 0 Å². The summed E-state index contributed by atoms with van der Waals surface area (Å²) in [5, 5.41) is 0. The summed E-state index contributed by atoms with van der Waals surface area (Å²) >= 11 is 0. The van der Waals surface area contributed by atoms with Crippen molar-refractivity contribution in [3.8, 4) is 5.75 Å². The second kappa shape index (κ2) is 7.51. The second-order valence-electron chi connectivity index (χ2n) is 6.48. The van der Waals surface area contributed by atoms with Crippen molar-refractivity contribution in [2.75, 3.05) is 20.2 Å². The van der Waals surface area contributed by atoms with Gasteiger partial charge in [-0.1, -0.05) is 18.2 Å². The zero-order valence-corrected chi connectivity index (χ0v) is 14.7. The van der Waals surface area contributed by atoms with E-state index < -0.39 is 0 Å². The van der Waals surface area contributed by atoms with Gasteiger partial charge in [0, 0.05) is 30.1 Å². The summed E-state index contributed by atoms with van der Waals surface area (Å²) in [5.74, 6) is 0.983. The van der Waals surface area contributed by atoms with Crippen LogP contribution < -0.4 is 4.74 Å². The number of amides is 1. The molecule has 0 unspecified atom stereocenters. The number of benzene rings is 2. The summed E-state index contributed by atoms with van der Waals surface area (Å²) in [5.41, 5.74) is 2.40. The summed E-state index contributed by atoms with van der Waals surface area (Å²) in [6.07, 6.45) is 1.42. The standard InChI is InChI=1S/C21H23NO3/c1-15-14-18(8-9-19(15)25-2)20(23)16-10-12-22(13-11-16)21(24)17-6-4-3-5-7-17/h3-9,14,16H,10-13H2,1-2H3. The van der Waals surface area contributed by atoms with Gasteiger partial charge in [0.1, 0.15) is 5.75 Å². The SMILES string of the molecule is COc1ccc(C(=O)C2CCN(C(=O)c3ccccc3)CC2)cc1C. The number of carbonyl (C=O) groups is 2. The predicted octanol–water partition coefficient (Wildman–Crippen LogP) is 3.74. The fraction of sp³-hybridized carbons (Fsp3) is 0.333. The Labute approximate surface area is 148 Å². The summed E-state index contributed by atoms with van der Waals surface area (Å²) < 4.78 is 5.25. The molecule has 0 N–H and O–H groups in total. The smallest absolute Gasteiger partial charge is 0.253 e. The molecule has 1 aliphatic heterocycles. The Morgan fingerprint density at radius 1 is 1.00 bits per heavy atom. The van der Waals surface area contributed by atoms with Gasteiger partial charge in [-0.05, 0) is 55.7 Å².